The third-order valence-corrected chi connectivity index (χ3v) is 3.09. The Bertz CT molecular complexity index is 672. The zero-order chi connectivity index (χ0) is 16.3. The van der Waals surface area contributed by atoms with E-state index in [0.717, 1.165) is 12.1 Å². The highest BCUT2D eigenvalue weighted by molar-refractivity contribution is 5.92. The van der Waals surface area contributed by atoms with Crippen molar-refractivity contribution >= 4 is 24.0 Å². The Balaban J connectivity index is 0.00000264. The fourth-order valence-electron chi connectivity index (χ4n) is 1.73. The number of amides is 1. The van der Waals surface area contributed by atoms with Crippen LogP contribution in [0, 0.1) is 5.92 Å². The van der Waals surface area contributed by atoms with Gasteiger partial charge in [0.05, 0.1) is 29.3 Å². The minimum absolute atomic E-state index is 0. The number of nitrogens with two attached hydrogens (primary N) is 1. The van der Waals surface area contributed by atoms with Gasteiger partial charge in [-0.15, -0.1) is 12.4 Å². The number of hydrogen-bond acceptors (Lipinski definition) is 3. The maximum Gasteiger partial charge on any atom is 0.416 e. The quantitative estimate of drug-likeness (QED) is 0.892. The summed E-state index contributed by atoms with van der Waals surface area (Å²) < 4.78 is 39.3. The molecule has 3 N–H and O–H groups in total. The minimum Gasteiger partial charge on any atom is -0.330 e. The maximum atomic E-state index is 12.7. The number of halogens is 4. The Morgan fingerprint density at radius 2 is 2.13 bits per heavy atom. The lowest BCUT2D eigenvalue weighted by Crippen LogP contribution is -2.26. The zero-order valence-electron chi connectivity index (χ0n) is 12.2. The lowest BCUT2D eigenvalue weighted by molar-refractivity contribution is -0.137. The van der Waals surface area contributed by atoms with Crippen molar-refractivity contribution in [1.82, 2.24) is 9.78 Å². The molecule has 23 heavy (non-hydrogen) atoms. The van der Waals surface area contributed by atoms with E-state index < -0.39 is 11.7 Å². The second-order valence-corrected chi connectivity index (χ2v) is 4.85. The number of alkyl halides is 3. The fourth-order valence-corrected chi connectivity index (χ4v) is 1.73. The zero-order valence-corrected chi connectivity index (χ0v) is 13.0. The molecule has 0 fully saturated rings. The second kappa shape index (κ2) is 7.47. The molecule has 0 saturated heterocycles. The number of nitrogens with zero attached hydrogens (tertiary/aromatic N) is 2. The first-order valence-corrected chi connectivity index (χ1v) is 6.54. The molecule has 1 amide bonds. The van der Waals surface area contributed by atoms with E-state index in [-0.39, 0.29) is 36.5 Å². The molecule has 126 valence electrons. The van der Waals surface area contributed by atoms with Gasteiger partial charge < -0.3 is 11.1 Å². The van der Waals surface area contributed by atoms with Crippen LogP contribution in [0.3, 0.4) is 0 Å². The van der Waals surface area contributed by atoms with Crippen LogP contribution in [0.25, 0.3) is 5.69 Å². The van der Waals surface area contributed by atoms with Gasteiger partial charge in [0.15, 0.2) is 0 Å². The minimum atomic E-state index is -4.42. The SMILES string of the molecule is CC(CN)C(=O)Nc1cnn(-c2cccc(C(F)(F)F)c2)c1.Cl. The molecule has 1 unspecified atom stereocenters. The van der Waals surface area contributed by atoms with Gasteiger partial charge in [0, 0.05) is 12.5 Å². The molecule has 9 heteroatoms. The van der Waals surface area contributed by atoms with Crippen LogP contribution in [-0.2, 0) is 11.0 Å². The van der Waals surface area contributed by atoms with E-state index >= 15 is 0 Å². The smallest absolute Gasteiger partial charge is 0.330 e. The summed E-state index contributed by atoms with van der Waals surface area (Å²) in [6.07, 6.45) is -1.62. The van der Waals surface area contributed by atoms with E-state index in [2.05, 4.69) is 10.4 Å². The molecule has 0 radical (unpaired) electrons. The van der Waals surface area contributed by atoms with Crippen molar-refractivity contribution in [3.8, 4) is 5.69 Å². The predicted octanol–water partition coefficient (Wildman–Crippen LogP) is 2.85. The van der Waals surface area contributed by atoms with E-state index in [1.807, 2.05) is 0 Å². The van der Waals surface area contributed by atoms with Crippen molar-refractivity contribution in [2.24, 2.45) is 11.7 Å². The first-order valence-electron chi connectivity index (χ1n) is 6.54. The molecule has 5 nitrogen and oxygen atoms in total. The largest absolute Gasteiger partial charge is 0.416 e. The van der Waals surface area contributed by atoms with Crippen LogP contribution in [0.2, 0.25) is 0 Å². The van der Waals surface area contributed by atoms with Crippen molar-refractivity contribution in [2.75, 3.05) is 11.9 Å². The number of nitrogens with one attached hydrogen (secondary N) is 1. The van der Waals surface area contributed by atoms with Crippen LogP contribution in [0.5, 0.6) is 0 Å². The number of carbonyl (C=O) groups excluding carboxylic acids is 1. The third kappa shape index (κ3) is 4.70. The number of carbonyl (C=O) groups is 1. The summed E-state index contributed by atoms with van der Waals surface area (Å²) in [5.74, 6) is -0.636. The van der Waals surface area contributed by atoms with E-state index in [9.17, 15) is 18.0 Å². The maximum absolute atomic E-state index is 12.7. The molecule has 1 aromatic heterocycles. The molecule has 0 bridgehead atoms. The van der Waals surface area contributed by atoms with Gasteiger partial charge in [-0.2, -0.15) is 18.3 Å². The molecular formula is C14H16ClF3N4O. The van der Waals surface area contributed by atoms with Crippen molar-refractivity contribution < 1.29 is 18.0 Å². The number of anilines is 1. The van der Waals surface area contributed by atoms with Crippen molar-refractivity contribution in [3.63, 3.8) is 0 Å². The van der Waals surface area contributed by atoms with Crippen LogP contribution in [-0.4, -0.2) is 22.2 Å². The first kappa shape index (κ1) is 19.0. The number of rotatable bonds is 4. The normalized spacial score (nSPS) is 12.4. The molecule has 2 aromatic rings. The standard InChI is InChI=1S/C14H15F3N4O.ClH/c1-9(6-18)13(22)20-11-7-19-21(8-11)12-4-2-3-10(5-12)14(15,16)17;/h2-5,7-9H,6,18H2,1H3,(H,20,22);1H. The summed E-state index contributed by atoms with van der Waals surface area (Å²) in [6.45, 7) is 1.88. The van der Waals surface area contributed by atoms with Gasteiger partial charge in [-0.25, -0.2) is 4.68 Å². The Hall–Kier alpha value is -2.06. The van der Waals surface area contributed by atoms with E-state index in [4.69, 9.17) is 5.73 Å². The van der Waals surface area contributed by atoms with Crippen LogP contribution in [0.15, 0.2) is 36.7 Å². The number of aromatic nitrogens is 2. The molecule has 1 heterocycles. The molecule has 0 saturated carbocycles. The van der Waals surface area contributed by atoms with Gasteiger partial charge in [-0.3, -0.25) is 4.79 Å². The van der Waals surface area contributed by atoms with Crippen LogP contribution in [0.4, 0.5) is 18.9 Å². The summed E-state index contributed by atoms with van der Waals surface area (Å²) in [4.78, 5) is 11.7. The molecular weight excluding hydrogens is 333 g/mol. The lowest BCUT2D eigenvalue weighted by Gasteiger charge is -2.09. The third-order valence-electron chi connectivity index (χ3n) is 3.09. The molecule has 0 aliphatic rings. The van der Waals surface area contributed by atoms with Gasteiger partial charge in [0.25, 0.3) is 0 Å². The highest BCUT2D eigenvalue weighted by Crippen LogP contribution is 2.30. The average Bonchev–Trinajstić information content (AvgIpc) is 2.94. The van der Waals surface area contributed by atoms with Crippen molar-refractivity contribution in [2.45, 2.75) is 13.1 Å². The highest BCUT2D eigenvalue weighted by Gasteiger charge is 2.30. The number of benzene rings is 1. The van der Waals surface area contributed by atoms with Gasteiger partial charge in [0.1, 0.15) is 0 Å². The second-order valence-electron chi connectivity index (χ2n) is 4.85. The summed E-state index contributed by atoms with van der Waals surface area (Å²) in [6, 6.07) is 4.77. The highest BCUT2D eigenvalue weighted by atomic mass is 35.5. The van der Waals surface area contributed by atoms with Gasteiger partial charge in [-0.1, -0.05) is 13.0 Å². The molecule has 1 atom stereocenters. The van der Waals surface area contributed by atoms with Crippen molar-refractivity contribution in [3.05, 3.63) is 42.2 Å². The Morgan fingerprint density at radius 3 is 2.74 bits per heavy atom. The fraction of sp³-hybridized carbons (Fsp3) is 0.286. The Labute approximate surface area is 137 Å². The predicted molar refractivity (Wildman–Crippen MR) is 82.7 cm³/mol. The van der Waals surface area contributed by atoms with Gasteiger partial charge in [-0.05, 0) is 18.2 Å². The Kier molecular flexibility index (Phi) is 6.17. The van der Waals surface area contributed by atoms with E-state index in [1.54, 1.807) is 6.92 Å². The summed E-state index contributed by atoms with van der Waals surface area (Å²) >= 11 is 0. The summed E-state index contributed by atoms with van der Waals surface area (Å²) in [7, 11) is 0. The number of hydrogen-bond donors (Lipinski definition) is 2. The molecule has 0 spiro atoms. The summed E-state index contributed by atoms with van der Waals surface area (Å²) in [5, 5.41) is 6.55. The Morgan fingerprint density at radius 1 is 1.43 bits per heavy atom. The monoisotopic (exact) mass is 348 g/mol. The van der Waals surface area contributed by atoms with Gasteiger partial charge in [0.2, 0.25) is 5.91 Å². The molecule has 0 aliphatic carbocycles. The lowest BCUT2D eigenvalue weighted by atomic mass is 10.2. The van der Waals surface area contributed by atoms with Crippen LogP contribution < -0.4 is 11.1 Å². The molecule has 1 aromatic carbocycles. The van der Waals surface area contributed by atoms with E-state index in [1.165, 1.54) is 29.2 Å². The molecule has 2 rings (SSSR count). The van der Waals surface area contributed by atoms with Crippen LogP contribution in [0.1, 0.15) is 12.5 Å². The topological polar surface area (TPSA) is 72.9 Å². The molecule has 0 aliphatic heterocycles. The average molecular weight is 349 g/mol. The summed E-state index contributed by atoms with van der Waals surface area (Å²) in [5.41, 5.74) is 5.27. The van der Waals surface area contributed by atoms with E-state index in [0.29, 0.717) is 5.69 Å². The van der Waals surface area contributed by atoms with Gasteiger partial charge >= 0.3 is 6.18 Å². The van der Waals surface area contributed by atoms with Crippen LogP contribution >= 0.6 is 12.4 Å². The van der Waals surface area contributed by atoms with Crippen molar-refractivity contribution in [1.29, 1.82) is 0 Å². The first-order chi connectivity index (χ1) is 10.3.